The molecule has 0 aliphatic carbocycles. The molecule has 0 aliphatic heterocycles. The smallest absolute Gasteiger partial charge is 0.351 e. The van der Waals surface area contributed by atoms with E-state index in [1.807, 2.05) is 6.92 Å². The van der Waals surface area contributed by atoms with Gasteiger partial charge in [0.05, 0.1) is 11.3 Å². The Balaban J connectivity index is 2.49. The molecular formula is C11H14F3N3OS. The summed E-state index contributed by atoms with van der Waals surface area (Å²) in [4.78, 5) is 19.5. The molecule has 1 aromatic heterocycles. The molecule has 0 bridgehead atoms. The maximum absolute atomic E-state index is 11.9. The molecule has 0 saturated carbocycles. The first kappa shape index (κ1) is 15.7. The van der Waals surface area contributed by atoms with Crippen molar-refractivity contribution in [3.05, 3.63) is 23.8 Å². The number of thioether (sulfide) groups is 1. The summed E-state index contributed by atoms with van der Waals surface area (Å²) in [5, 5.41) is 2.43. The molecule has 0 atom stereocenters. The van der Waals surface area contributed by atoms with Gasteiger partial charge in [-0.05, 0) is 18.2 Å². The molecular weight excluding hydrogens is 279 g/mol. The van der Waals surface area contributed by atoms with E-state index < -0.39 is 11.4 Å². The first-order valence-electron chi connectivity index (χ1n) is 5.71. The number of halogens is 3. The van der Waals surface area contributed by atoms with Gasteiger partial charge in [0, 0.05) is 18.5 Å². The van der Waals surface area contributed by atoms with Crippen molar-refractivity contribution >= 4 is 17.7 Å². The molecule has 19 heavy (non-hydrogen) atoms. The van der Waals surface area contributed by atoms with Crippen LogP contribution in [0.1, 0.15) is 29.4 Å². The van der Waals surface area contributed by atoms with Crippen molar-refractivity contribution in [2.75, 3.05) is 12.3 Å². The van der Waals surface area contributed by atoms with Crippen LogP contribution in [0.15, 0.2) is 12.5 Å². The number of aromatic nitrogens is 2. The third-order valence-electron chi connectivity index (χ3n) is 2.18. The van der Waals surface area contributed by atoms with E-state index in [4.69, 9.17) is 0 Å². The number of carbonyl (C=O) groups is 1. The van der Waals surface area contributed by atoms with Gasteiger partial charge in [-0.25, -0.2) is 9.97 Å². The Morgan fingerprint density at radius 1 is 1.47 bits per heavy atom. The fourth-order valence-corrected chi connectivity index (χ4v) is 1.84. The number of hydrogen-bond acceptors (Lipinski definition) is 4. The van der Waals surface area contributed by atoms with Crippen molar-refractivity contribution in [3.63, 3.8) is 0 Å². The van der Waals surface area contributed by atoms with Gasteiger partial charge in [-0.2, -0.15) is 13.2 Å². The Morgan fingerprint density at radius 3 is 2.84 bits per heavy atom. The molecule has 4 nitrogen and oxygen atoms in total. The minimum Gasteiger partial charge on any atom is -0.351 e. The predicted molar refractivity (Wildman–Crippen MR) is 66.9 cm³/mol. The van der Waals surface area contributed by atoms with Gasteiger partial charge in [0.25, 0.3) is 5.91 Å². The number of nitrogens with one attached hydrogen (secondary N) is 1. The van der Waals surface area contributed by atoms with Gasteiger partial charge in [-0.3, -0.25) is 4.79 Å². The quantitative estimate of drug-likeness (QED) is 0.818. The van der Waals surface area contributed by atoms with Crippen LogP contribution in [0.5, 0.6) is 0 Å². The van der Waals surface area contributed by atoms with Crippen LogP contribution in [-0.4, -0.2) is 33.7 Å². The highest BCUT2D eigenvalue weighted by atomic mass is 32.2. The maximum Gasteiger partial charge on any atom is 0.441 e. The highest BCUT2D eigenvalue weighted by Gasteiger charge is 2.27. The lowest BCUT2D eigenvalue weighted by molar-refractivity contribution is -0.0327. The van der Waals surface area contributed by atoms with Crippen molar-refractivity contribution in [1.29, 1.82) is 0 Å². The van der Waals surface area contributed by atoms with Crippen LogP contribution >= 0.6 is 11.8 Å². The third kappa shape index (κ3) is 5.91. The van der Waals surface area contributed by atoms with Gasteiger partial charge in [0.2, 0.25) is 0 Å². The van der Waals surface area contributed by atoms with Crippen LogP contribution in [0.3, 0.4) is 0 Å². The zero-order valence-electron chi connectivity index (χ0n) is 10.3. The number of amides is 1. The number of alkyl halides is 3. The minimum absolute atomic E-state index is 0.0521. The summed E-state index contributed by atoms with van der Waals surface area (Å²) in [5.41, 5.74) is -3.34. The zero-order chi connectivity index (χ0) is 14.3. The minimum atomic E-state index is -4.27. The molecule has 0 aromatic carbocycles. The molecule has 8 heteroatoms. The second-order valence-corrected chi connectivity index (χ2v) is 4.84. The maximum atomic E-state index is 11.9. The Morgan fingerprint density at radius 2 is 2.21 bits per heavy atom. The van der Waals surface area contributed by atoms with Gasteiger partial charge in [-0.1, -0.05) is 13.3 Å². The van der Waals surface area contributed by atoms with E-state index in [1.165, 1.54) is 12.5 Å². The van der Waals surface area contributed by atoms with E-state index >= 15 is 0 Å². The number of aryl methyl sites for hydroxylation is 1. The molecule has 1 amide bonds. The van der Waals surface area contributed by atoms with Crippen molar-refractivity contribution in [2.45, 2.75) is 25.3 Å². The molecule has 0 aliphatic rings. The van der Waals surface area contributed by atoms with Crippen molar-refractivity contribution in [3.8, 4) is 0 Å². The van der Waals surface area contributed by atoms with E-state index in [0.717, 1.165) is 6.42 Å². The largest absolute Gasteiger partial charge is 0.441 e. The molecule has 1 aromatic rings. The van der Waals surface area contributed by atoms with E-state index in [9.17, 15) is 18.0 Å². The first-order chi connectivity index (χ1) is 8.94. The Bertz CT molecular complexity index is 426. The highest BCUT2D eigenvalue weighted by molar-refractivity contribution is 8.00. The average Bonchev–Trinajstić information content (AvgIpc) is 2.34. The van der Waals surface area contributed by atoms with Crippen LogP contribution in [0.25, 0.3) is 0 Å². The molecule has 1 heterocycles. The van der Waals surface area contributed by atoms with Gasteiger partial charge >= 0.3 is 5.51 Å². The van der Waals surface area contributed by atoms with Gasteiger partial charge < -0.3 is 5.32 Å². The SMILES string of the molecule is CCCc1ncncc1C(=O)NCCSC(F)(F)F. The van der Waals surface area contributed by atoms with Crippen LogP contribution in [-0.2, 0) is 6.42 Å². The fraction of sp³-hybridized carbons (Fsp3) is 0.545. The second kappa shape index (κ2) is 7.32. The lowest BCUT2D eigenvalue weighted by Gasteiger charge is -2.09. The van der Waals surface area contributed by atoms with Crippen molar-refractivity contribution in [1.82, 2.24) is 15.3 Å². The third-order valence-corrected chi connectivity index (χ3v) is 2.92. The number of carbonyl (C=O) groups excluding carboxylic acids is 1. The lowest BCUT2D eigenvalue weighted by atomic mass is 10.1. The van der Waals surface area contributed by atoms with Crippen LogP contribution in [0.2, 0.25) is 0 Å². The summed E-state index contributed by atoms with van der Waals surface area (Å²) in [7, 11) is 0. The monoisotopic (exact) mass is 293 g/mol. The van der Waals surface area contributed by atoms with Crippen molar-refractivity contribution in [2.24, 2.45) is 0 Å². The molecule has 1 rings (SSSR count). The molecule has 0 saturated heterocycles. The van der Waals surface area contributed by atoms with Gasteiger partial charge in [-0.15, -0.1) is 0 Å². The molecule has 0 radical (unpaired) electrons. The van der Waals surface area contributed by atoms with Crippen LogP contribution in [0.4, 0.5) is 13.2 Å². The fourth-order valence-electron chi connectivity index (χ4n) is 1.41. The van der Waals surface area contributed by atoms with Gasteiger partial charge in [0.1, 0.15) is 6.33 Å². The average molecular weight is 293 g/mol. The summed E-state index contributed by atoms with van der Waals surface area (Å²) in [5.74, 6) is -0.654. The molecule has 0 unspecified atom stereocenters. The normalized spacial score (nSPS) is 11.4. The second-order valence-electron chi connectivity index (χ2n) is 3.68. The summed E-state index contributed by atoms with van der Waals surface area (Å²) in [6.07, 6.45) is 4.18. The molecule has 0 spiro atoms. The Labute approximate surface area is 113 Å². The first-order valence-corrected chi connectivity index (χ1v) is 6.70. The van der Waals surface area contributed by atoms with E-state index in [1.54, 1.807) is 0 Å². The number of hydrogen-bond donors (Lipinski definition) is 1. The molecule has 0 fully saturated rings. The van der Waals surface area contributed by atoms with E-state index in [-0.39, 0.29) is 24.1 Å². The lowest BCUT2D eigenvalue weighted by Crippen LogP contribution is -2.28. The van der Waals surface area contributed by atoms with E-state index in [2.05, 4.69) is 15.3 Å². The number of nitrogens with zero attached hydrogens (tertiary/aromatic N) is 2. The Kier molecular flexibility index (Phi) is 6.07. The molecule has 106 valence electrons. The zero-order valence-corrected chi connectivity index (χ0v) is 11.1. The molecule has 1 N–H and O–H groups in total. The van der Waals surface area contributed by atoms with Crippen LogP contribution < -0.4 is 5.32 Å². The topological polar surface area (TPSA) is 54.9 Å². The summed E-state index contributed by atoms with van der Waals surface area (Å²) >= 11 is -0.161. The predicted octanol–water partition coefficient (Wildman–Crippen LogP) is 2.41. The van der Waals surface area contributed by atoms with Crippen molar-refractivity contribution < 1.29 is 18.0 Å². The highest BCUT2D eigenvalue weighted by Crippen LogP contribution is 2.29. The summed E-state index contributed by atoms with van der Waals surface area (Å²) in [6, 6.07) is 0. The number of rotatable bonds is 6. The summed E-state index contributed by atoms with van der Waals surface area (Å²) in [6.45, 7) is 1.90. The standard InChI is InChI=1S/C11H14F3N3OS/c1-2-3-9-8(6-15-7-17-9)10(18)16-4-5-19-11(12,13)14/h6-7H,2-5H2,1H3,(H,16,18). The summed E-state index contributed by atoms with van der Waals surface area (Å²) < 4.78 is 35.7. The van der Waals surface area contributed by atoms with Gasteiger partial charge in [0.15, 0.2) is 0 Å². The van der Waals surface area contributed by atoms with E-state index in [0.29, 0.717) is 17.7 Å². The van der Waals surface area contributed by atoms with Crippen LogP contribution in [0, 0.1) is 0 Å². The Hall–Kier alpha value is -1.31.